The molecule has 0 radical (unpaired) electrons. The van der Waals surface area contributed by atoms with Gasteiger partial charge in [-0.25, -0.2) is 13.8 Å². The van der Waals surface area contributed by atoms with E-state index in [2.05, 4.69) is 4.98 Å². The Morgan fingerprint density at radius 3 is 2.61 bits per heavy atom. The van der Waals surface area contributed by atoms with Crippen molar-refractivity contribution in [2.24, 2.45) is 0 Å². The summed E-state index contributed by atoms with van der Waals surface area (Å²) >= 11 is 12.0. The average molecular weight is 293 g/mol. The van der Waals surface area contributed by atoms with Gasteiger partial charge >= 0.3 is 0 Å². The molecule has 0 fully saturated rings. The maximum absolute atomic E-state index is 12.7. The summed E-state index contributed by atoms with van der Waals surface area (Å²) in [6.45, 7) is 3.07. The van der Waals surface area contributed by atoms with Crippen LogP contribution in [0.2, 0.25) is 5.02 Å². The van der Waals surface area contributed by atoms with Crippen LogP contribution in [0.5, 0.6) is 0 Å². The van der Waals surface area contributed by atoms with Crippen molar-refractivity contribution in [1.29, 1.82) is 0 Å². The van der Waals surface area contributed by atoms with Crippen LogP contribution in [0.15, 0.2) is 12.1 Å². The van der Waals surface area contributed by atoms with Crippen molar-refractivity contribution in [2.45, 2.75) is 32.2 Å². The maximum atomic E-state index is 12.7. The van der Waals surface area contributed by atoms with Crippen molar-refractivity contribution in [3.8, 4) is 0 Å². The molecular weight excluding hydrogens is 281 g/mol. The second-order valence-corrected chi connectivity index (χ2v) is 5.19. The fourth-order valence-corrected chi connectivity index (χ4v) is 2.34. The summed E-state index contributed by atoms with van der Waals surface area (Å²) in [5.41, 5.74) is 2.01. The molecule has 1 aromatic carbocycles. The van der Waals surface area contributed by atoms with Gasteiger partial charge in [-0.1, -0.05) is 11.6 Å². The van der Waals surface area contributed by atoms with E-state index in [0.717, 1.165) is 5.56 Å². The zero-order valence-corrected chi connectivity index (χ0v) is 11.4. The number of benzene rings is 1. The largest absolute Gasteiger partial charge is 0.321 e. The summed E-state index contributed by atoms with van der Waals surface area (Å²) < 4.78 is 26.8. The zero-order chi connectivity index (χ0) is 13.4. The number of halogens is 4. The third kappa shape index (κ3) is 2.31. The van der Waals surface area contributed by atoms with Crippen LogP contribution in [0.1, 0.15) is 23.7 Å². The van der Waals surface area contributed by atoms with E-state index in [-0.39, 0.29) is 0 Å². The first-order valence-corrected chi connectivity index (χ1v) is 6.30. The van der Waals surface area contributed by atoms with Gasteiger partial charge in [0.25, 0.3) is 6.43 Å². The van der Waals surface area contributed by atoms with Gasteiger partial charge in [-0.05, 0) is 31.5 Å². The van der Waals surface area contributed by atoms with Gasteiger partial charge in [-0.3, -0.25) is 0 Å². The van der Waals surface area contributed by atoms with Gasteiger partial charge < -0.3 is 4.57 Å². The van der Waals surface area contributed by atoms with E-state index in [1.54, 1.807) is 26.0 Å². The lowest BCUT2D eigenvalue weighted by Gasteiger charge is -2.11. The first-order valence-electron chi connectivity index (χ1n) is 5.49. The predicted molar refractivity (Wildman–Crippen MR) is 69.8 cm³/mol. The van der Waals surface area contributed by atoms with Crippen LogP contribution < -0.4 is 0 Å². The Morgan fingerprint density at radius 1 is 1.39 bits per heavy atom. The quantitative estimate of drug-likeness (QED) is 0.758. The minimum absolute atomic E-state index is 0.427. The van der Waals surface area contributed by atoms with Crippen molar-refractivity contribution < 1.29 is 8.78 Å². The molecule has 2 aromatic rings. The van der Waals surface area contributed by atoms with E-state index in [1.807, 2.05) is 0 Å². The number of aryl methyl sites for hydroxylation is 1. The molecule has 0 aliphatic carbocycles. The summed E-state index contributed by atoms with van der Waals surface area (Å²) in [5.74, 6) is 0.442. The number of alkyl halides is 3. The van der Waals surface area contributed by atoms with Crippen LogP contribution in [0.3, 0.4) is 0 Å². The van der Waals surface area contributed by atoms with Gasteiger partial charge in [-0.15, -0.1) is 11.6 Å². The number of nitrogens with zero attached hydrogens (tertiary/aromatic N) is 2. The van der Waals surface area contributed by atoms with E-state index in [9.17, 15) is 8.78 Å². The molecule has 2 rings (SSSR count). The second-order valence-electron chi connectivity index (χ2n) is 4.13. The van der Waals surface area contributed by atoms with Crippen LogP contribution in [0.4, 0.5) is 8.78 Å². The third-order valence-corrected chi connectivity index (χ3v) is 3.41. The topological polar surface area (TPSA) is 17.8 Å². The molecular formula is C12H12Cl2F2N2. The molecule has 0 aliphatic rings. The number of hydrogen-bond acceptors (Lipinski definition) is 1. The van der Waals surface area contributed by atoms with Crippen LogP contribution in [0.25, 0.3) is 11.0 Å². The third-order valence-electron chi connectivity index (χ3n) is 2.80. The molecule has 0 bridgehead atoms. The number of hydrogen-bond donors (Lipinski definition) is 0. The lowest BCUT2D eigenvalue weighted by atomic mass is 10.2. The van der Waals surface area contributed by atoms with E-state index >= 15 is 0 Å². The summed E-state index contributed by atoms with van der Waals surface area (Å²) in [4.78, 5) is 4.31. The van der Waals surface area contributed by atoms with Crippen LogP contribution >= 0.6 is 23.2 Å². The molecule has 1 atom stereocenters. The van der Waals surface area contributed by atoms with E-state index in [0.29, 0.717) is 21.9 Å². The lowest BCUT2D eigenvalue weighted by molar-refractivity contribution is 0.127. The van der Waals surface area contributed by atoms with Gasteiger partial charge in [0.2, 0.25) is 0 Å². The Labute approximate surface area is 114 Å². The summed E-state index contributed by atoms with van der Waals surface area (Å²) in [7, 11) is 0. The van der Waals surface area contributed by atoms with Gasteiger partial charge in [0.1, 0.15) is 5.82 Å². The lowest BCUT2D eigenvalue weighted by Crippen LogP contribution is -2.11. The van der Waals surface area contributed by atoms with Crippen molar-refractivity contribution in [3.05, 3.63) is 28.5 Å². The highest BCUT2D eigenvalue weighted by Gasteiger charge is 2.19. The standard InChI is InChI=1S/C12H12Cl2F2N2/c1-6-8(14)3-4-9-11(6)18(5-10(15)16)12(17-9)7(2)13/h3-4,7,10H,5H2,1-2H3. The fourth-order valence-electron chi connectivity index (χ4n) is 2.02. The molecule has 0 aliphatic heterocycles. The molecule has 98 valence electrons. The molecule has 1 heterocycles. The fraction of sp³-hybridized carbons (Fsp3) is 0.417. The van der Waals surface area contributed by atoms with Crippen molar-refractivity contribution in [2.75, 3.05) is 0 Å². The molecule has 1 unspecified atom stereocenters. The number of aromatic nitrogens is 2. The molecule has 18 heavy (non-hydrogen) atoms. The average Bonchev–Trinajstić information content (AvgIpc) is 2.62. The first kappa shape index (κ1) is 13.6. The van der Waals surface area contributed by atoms with Gasteiger partial charge in [0, 0.05) is 5.02 Å². The Balaban J connectivity index is 2.74. The first-order chi connectivity index (χ1) is 8.41. The van der Waals surface area contributed by atoms with Gasteiger partial charge in [-0.2, -0.15) is 0 Å². The summed E-state index contributed by atoms with van der Waals surface area (Å²) in [5, 5.41) is 0.0982. The molecule has 0 amide bonds. The molecule has 6 heteroatoms. The van der Waals surface area contributed by atoms with Crippen molar-refractivity contribution in [3.63, 3.8) is 0 Å². The normalized spacial score (nSPS) is 13.5. The highest BCUT2D eigenvalue weighted by Crippen LogP contribution is 2.30. The van der Waals surface area contributed by atoms with Gasteiger partial charge in [0.15, 0.2) is 0 Å². The Morgan fingerprint density at radius 2 is 2.06 bits per heavy atom. The minimum Gasteiger partial charge on any atom is -0.321 e. The predicted octanol–water partition coefficient (Wildman–Crippen LogP) is 4.56. The SMILES string of the molecule is Cc1c(Cl)ccc2nc(C(C)Cl)n(CC(F)F)c12. The summed E-state index contributed by atoms with van der Waals surface area (Å²) in [6.07, 6.45) is -2.46. The molecule has 2 nitrogen and oxygen atoms in total. The maximum Gasteiger partial charge on any atom is 0.256 e. The number of imidazole rings is 1. The Kier molecular flexibility index (Phi) is 3.78. The molecule has 0 saturated carbocycles. The van der Waals surface area contributed by atoms with Crippen LogP contribution in [-0.2, 0) is 6.54 Å². The van der Waals surface area contributed by atoms with Gasteiger partial charge in [0.05, 0.1) is 23.0 Å². The van der Waals surface area contributed by atoms with E-state index in [4.69, 9.17) is 23.2 Å². The minimum atomic E-state index is -2.46. The molecule has 0 spiro atoms. The molecule has 1 aromatic heterocycles. The summed E-state index contributed by atoms with van der Waals surface area (Å²) in [6, 6.07) is 3.43. The van der Waals surface area contributed by atoms with Crippen molar-refractivity contribution >= 4 is 34.2 Å². The molecule has 0 saturated heterocycles. The smallest absolute Gasteiger partial charge is 0.256 e. The highest BCUT2D eigenvalue weighted by atomic mass is 35.5. The van der Waals surface area contributed by atoms with E-state index < -0.39 is 18.3 Å². The van der Waals surface area contributed by atoms with E-state index in [1.165, 1.54) is 4.57 Å². The second kappa shape index (κ2) is 5.02. The Bertz CT molecular complexity index is 579. The molecule has 0 N–H and O–H groups in total. The zero-order valence-electron chi connectivity index (χ0n) is 9.92. The van der Waals surface area contributed by atoms with Crippen LogP contribution in [-0.4, -0.2) is 16.0 Å². The number of fused-ring (bicyclic) bond motifs is 1. The van der Waals surface area contributed by atoms with Crippen molar-refractivity contribution in [1.82, 2.24) is 9.55 Å². The number of rotatable bonds is 3. The van der Waals surface area contributed by atoms with Crippen LogP contribution in [0, 0.1) is 6.92 Å². The Hall–Kier alpha value is -0.870. The monoisotopic (exact) mass is 292 g/mol. The highest BCUT2D eigenvalue weighted by molar-refractivity contribution is 6.32.